The second-order valence-corrected chi connectivity index (χ2v) is 2.92. The number of aromatic amines is 1. The van der Waals surface area contributed by atoms with E-state index >= 15 is 0 Å². The number of nitrogens with one attached hydrogen (secondary N) is 1. The Hall–Kier alpha value is -2.60. The van der Waals surface area contributed by atoms with Crippen molar-refractivity contribution in [3.63, 3.8) is 0 Å². The van der Waals surface area contributed by atoms with Gasteiger partial charge in [0, 0.05) is 17.8 Å². The van der Waals surface area contributed by atoms with Gasteiger partial charge in [-0.3, -0.25) is 9.59 Å². The second-order valence-electron chi connectivity index (χ2n) is 2.92. The van der Waals surface area contributed by atoms with E-state index in [1.807, 2.05) is 0 Å². The number of amides is 1. The lowest BCUT2D eigenvalue weighted by molar-refractivity contribution is 0.0794. The van der Waals surface area contributed by atoms with E-state index in [0.29, 0.717) is 0 Å². The Morgan fingerprint density at radius 2 is 2.00 bits per heavy atom. The first-order chi connectivity index (χ1) is 7.69. The van der Waals surface area contributed by atoms with Gasteiger partial charge in [0.15, 0.2) is 0 Å². The minimum Gasteiger partial charge on any atom is -0.329 e. The van der Waals surface area contributed by atoms with Crippen molar-refractivity contribution in [3.05, 3.63) is 34.2 Å². The van der Waals surface area contributed by atoms with E-state index < -0.39 is 11.5 Å². The molecule has 6 nitrogen and oxygen atoms in total. The van der Waals surface area contributed by atoms with Crippen LogP contribution in [0.1, 0.15) is 10.4 Å². The van der Waals surface area contributed by atoms with Crippen LogP contribution in [-0.2, 0) is 0 Å². The summed E-state index contributed by atoms with van der Waals surface area (Å²) in [4.78, 5) is 26.2. The van der Waals surface area contributed by atoms with Crippen LogP contribution in [0, 0.1) is 22.7 Å². The van der Waals surface area contributed by atoms with Crippen molar-refractivity contribution in [2.75, 3.05) is 13.1 Å². The fourth-order valence-corrected chi connectivity index (χ4v) is 1.13. The van der Waals surface area contributed by atoms with Gasteiger partial charge >= 0.3 is 0 Å². The first-order valence-corrected chi connectivity index (χ1v) is 4.41. The molecule has 0 aromatic carbocycles. The SMILES string of the molecule is N#CCN(CC#N)C(=O)c1cc[nH]c(=O)c1. The summed E-state index contributed by atoms with van der Waals surface area (Å²) in [6.07, 6.45) is 1.34. The summed E-state index contributed by atoms with van der Waals surface area (Å²) in [5.41, 5.74) is -0.242. The van der Waals surface area contributed by atoms with E-state index in [2.05, 4.69) is 4.98 Å². The standard InChI is InChI=1S/C10H8N4O2/c11-2-5-14(6-3-12)10(16)8-1-4-13-9(15)7-8/h1,4,7H,5-6H2,(H,13,15). The maximum atomic E-state index is 11.7. The topological polar surface area (TPSA) is 101 Å². The first kappa shape index (κ1) is 11.5. The average Bonchev–Trinajstić information content (AvgIpc) is 2.28. The van der Waals surface area contributed by atoms with Gasteiger partial charge in [-0.15, -0.1) is 0 Å². The lowest BCUT2D eigenvalue weighted by Gasteiger charge is -2.15. The third kappa shape index (κ3) is 2.69. The van der Waals surface area contributed by atoms with E-state index in [-0.39, 0.29) is 18.7 Å². The maximum Gasteiger partial charge on any atom is 0.255 e. The molecule has 0 radical (unpaired) electrons. The zero-order valence-electron chi connectivity index (χ0n) is 8.30. The molecule has 0 saturated carbocycles. The van der Waals surface area contributed by atoms with Crippen LogP contribution in [0.4, 0.5) is 0 Å². The third-order valence-corrected chi connectivity index (χ3v) is 1.83. The molecule has 1 aromatic rings. The number of carbonyl (C=O) groups is 1. The summed E-state index contributed by atoms with van der Waals surface area (Å²) < 4.78 is 0. The van der Waals surface area contributed by atoms with E-state index in [4.69, 9.17) is 10.5 Å². The second kappa shape index (κ2) is 5.32. The van der Waals surface area contributed by atoms with Gasteiger partial charge in [-0.25, -0.2) is 0 Å². The highest BCUT2D eigenvalue weighted by atomic mass is 16.2. The van der Waals surface area contributed by atoms with Gasteiger partial charge in [0.2, 0.25) is 5.56 Å². The number of H-pyrrole nitrogens is 1. The average molecular weight is 216 g/mol. The Morgan fingerprint density at radius 1 is 1.38 bits per heavy atom. The lowest BCUT2D eigenvalue weighted by Crippen LogP contribution is -2.32. The van der Waals surface area contributed by atoms with Crippen molar-refractivity contribution >= 4 is 5.91 Å². The molecule has 1 amide bonds. The Morgan fingerprint density at radius 3 is 2.50 bits per heavy atom. The maximum absolute atomic E-state index is 11.7. The molecular formula is C10H8N4O2. The van der Waals surface area contributed by atoms with Gasteiger partial charge in [-0.05, 0) is 6.07 Å². The zero-order valence-corrected chi connectivity index (χ0v) is 8.30. The van der Waals surface area contributed by atoms with Crippen molar-refractivity contribution in [1.82, 2.24) is 9.88 Å². The molecule has 0 aliphatic carbocycles. The molecule has 1 N–H and O–H groups in total. The minimum absolute atomic E-state index is 0.161. The summed E-state index contributed by atoms with van der Waals surface area (Å²) in [6.45, 7) is -0.363. The van der Waals surface area contributed by atoms with Crippen LogP contribution in [0.15, 0.2) is 23.1 Å². The fourth-order valence-electron chi connectivity index (χ4n) is 1.13. The van der Waals surface area contributed by atoms with Gasteiger partial charge in [0.1, 0.15) is 13.1 Å². The van der Waals surface area contributed by atoms with Crippen molar-refractivity contribution in [3.8, 4) is 12.1 Å². The molecule has 0 bridgehead atoms. The lowest BCUT2D eigenvalue weighted by atomic mass is 10.2. The van der Waals surface area contributed by atoms with E-state index in [1.54, 1.807) is 12.1 Å². The van der Waals surface area contributed by atoms with Crippen LogP contribution in [-0.4, -0.2) is 28.9 Å². The van der Waals surface area contributed by atoms with Gasteiger partial charge in [-0.1, -0.05) is 0 Å². The fraction of sp³-hybridized carbons (Fsp3) is 0.200. The Labute approximate surface area is 91.3 Å². The predicted molar refractivity (Wildman–Crippen MR) is 54.2 cm³/mol. The molecule has 0 fully saturated rings. The normalized spacial score (nSPS) is 8.88. The van der Waals surface area contributed by atoms with Gasteiger partial charge in [-0.2, -0.15) is 10.5 Å². The summed E-state index contributed by atoms with van der Waals surface area (Å²) in [7, 11) is 0. The summed E-state index contributed by atoms with van der Waals surface area (Å²) in [6, 6.07) is 6.12. The zero-order chi connectivity index (χ0) is 12.0. The molecular weight excluding hydrogens is 208 g/mol. The number of nitrogens with zero attached hydrogens (tertiary/aromatic N) is 3. The van der Waals surface area contributed by atoms with Gasteiger partial charge in [0.05, 0.1) is 12.1 Å². The highest BCUT2D eigenvalue weighted by molar-refractivity contribution is 5.94. The van der Waals surface area contributed by atoms with Crippen LogP contribution in [0.3, 0.4) is 0 Å². The first-order valence-electron chi connectivity index (χ1n) is 4.41. The van der Waals surface area contributed by atoms with Crippen molar-refractivity contribution < 1.29 is 4.79 Å². The van der Waals surface area contributed by atoms with Crippen molar-refractivity contribution in [2.45, 2.75) is 0 Å². The van der Waals surface area contributed by atoms with Crippen LogP contribution in [0.2, 0.25) is 0 Å². The number of hydrogen-bond donors (Lipinski definition) is 1. The van der Waals surface area contributed by atoms with Crippen LogP contribution in [0.5, 0.6) is 0 Å². The predicted octanol–water partition coefficient (Wildman–Crippen LogP) is -0.136. The number of aromatic nitrogens is 1. The largest absolute Gasteiger partial charge is 0.329 e. The Kier molecular flexibility index (Phi) is 3.82. The van der Waals surface area contributed by atoms with E-state index in [1.165, 1.54) is 12.3 Å². The molecule has 16 heavy (non-hydrogen) atoms. The molecule has 1 heterocycles. The summed E-state index contributed by atoms with van der Waals surface area (Å²) >= 11 is 0. The number of hydrogen-bond acceptors (Lipinski definition) is 4. The van der Waals surface area contributed by atoms with Gasteiger partial charge < -0.3 is 9.88 Å². The number of rotatable bonds is 3. The Bertz CT molecular complexity index is 505. The smallest absolute Gasteiger partial charge is 0.255 e. The van der Waals surface area contributed by atoms with E-state index in [9.17, 15) is 9.59 Å². The van der Waals surface area contributed by atoms with Crippen molar-refractivity contribution in [2.24, 2.45) is 0 Å². The molecule has 0 atom stereocenters. The highest BCUT2D eigenvalue weighted by Crippen LogP contribution is 2.00. The molecule has 6 heteroatoms. The molecule has 1 rings (SSSR count). The van der Waals surface area contributed by atoms with Crippen LogP contribution < -0.4 is 5.56 Å². The van der Waals surface area contributed by atoms with Crippen molar-refractivity contribution in [1.29, 1.82) is 10.5 Å². The number of carbonyl (C=O) groups excluding carboxylic acids is 1. The molecule has 0 saturated heterocycles. The molecule has 0 unspecified atom stereocenters. The summed E-state index contributed by atoms with van der Waals surface area (Å²) in [5.74, 6) is -0.505. The van der Waals surface area contributed by atoms with Crippen LogP contribution in [0.25, 0.3) is 0 Å². The molecule has 0 aliphatic rings. The van der Waals surface area contributed by atoms with Crippen LogP contribution >= 0.6 is 0 Å². The van der Waals surface area contributed by atoms with Gasteiger partial charge in [0.25, 0.3) is 5.91 Å². The quantitative estimate of drug-likeness (QED) is 0.710. The monoisotopic (exact) mass is 216 g/mol. The van der Waals surface area contributed by atoms with E-state index in [0.717, 1.165) is 11.0 Å². The summed E-state index contributed by atoms with van der Waals surface area (Å²) in [5, 5.41) is 17.0. The third-order valence-electron chi connectivity index (χ3n) is 1.83. The highest BCUT2D eigenvalue weighted by Gasteiger charge is 2.14. The molecule has 80 valence electrons. The minimum atomic E-state index is -0.505. The molecule has 1 aromatic heterocycles. The molecule has 0 spiro atoms. The molecule has 0 aliphatic heterocycles. The Balaban J connectivity index is 2.96. The number of nitriles is 2. The number of pyridine rings is 1.